The van der Waals surface area contributed by atoms with Crippen LogP contribution in [0.3, 0.4) is 0 Å². The van der Waals surface area contributed by atoms with E-state index in [1.165, 1.54) is 0 Å². The molecule has 10 heavy (non-hydrogen) atoms. The van der Waals surface area contributed by atoms with Crippen LogP contribution in [0.25, 0.3) is 0 Å². The van der Waals surface area contributed by atoms with E-state index in [4.69, 9.17) is 10.2 Å². The van der Waals surface area contributed by atoms with Crippen LogP contribution in [0, 0.1) is 0 Å². The van der Waals surface area contributed by atoms with Gasteiger partial charge in [0.15, 0.2) is 0 Å². The summed E-state index contributed by atoms with van der Waals surface area (Å²) in [5, 5.41) is 20.4. The van der Waals surface area contributed by atoms with Gasteiger partial charge in [-0.05, 0) is 7.05 Å². The summed E-state index contributed by atoms with van der Waals surface area (Å²) < 4.78 is 2.85. The van der Waals surface area contributed by atoms with E-state index >= 15 is 0 Å². The fourth-order valence-corrected chi connectivity index (χ4v) is 1.29. The summed E-state index contributed by atoms with van der Waals surface area (Å²) in [6.45, 7) is 0.0483. The van der Waals surface area contributed by atoms with Gasteiger partial charge in [-0.15, -0.1) is 0 Å². The summed E-state index contributed by atoms with van der Waals surface area (Å²) >= 11 is 1.95. The maximum Gasteiger partial charge on any atom is 0.0608 e. The number of aliphatic hydroxyl groups excluding tert-OH is 2. The van der Waals surface area contributed by atoms with Crippen molar-refractivity contribution in [1.29, 1.82) is 0 Å². The molecule has 0 spiro atoms. The molecule has 0 aromatic carbocycles. The first-order chi connectivity index (χ1) is 4.79. The standard InChI is InChI=1S/C5H13IN2O2/c1-7-4(2-9)5(3-10)8-6/h4-5,7-10H,2-3H2,1H3. The van der Waals surface area contributed by atoms with Gasteiger partial charge < -0.3 is 15.5 Å². The zero-order chi connectivity index (χ0) is 7.98. The number of rotatable bonds is 5. The zero-order valence-electron chi connectivity index (χ0n) is 5.84. The van der Waals surface area contributed by atoms with Crippen LogP contribution in [0.1, 0.15) is 0 Å². The average molecular weight is 260 g/mol. The number of halogens is 1. The van der Waals surface area contributed by atoms with Crippen molar-refractivity contribution in [1.82, 2.24) is 8.85 Å². The lowest BCUT2D eigenvalue weighted by molar-refractivity contribution is 0.180. The number of hydrogen-bond donors (Lipinski definition) is 4. The van der Waals surface area contributed by atoms with Gasteiger partial charge in [-0.3, -0.25) is 3.53 Å². The van der Waals surface area contributed by atoms with Crippen LogP contribution >= 0.6 is 22.9 Å². The molecule has 0 heterocycles. The molecule has 0 saturated carbocycles. The smallest absolute Gasteiger partial charge is 0.0608 e. The maximum atomic E-state index is 8.74. The van der Waals surface area contributed by atoms with Crippen molar-refractivity contribution in [2.45, 2.75) is 12.1 Å². The van der Waals surface area contributed by atoms with Gasteiger partial charge in [-0.2, -0.15) is 0 Å². The molecule has 0 aliphatic rings. The van der Waals surface area contributed by atoms with E-state index in [0.29, 0.717) is 0 Å². The molecule has 5 heteroatoms. The maximum absolute atomic E-state index is 8.74. The fourth-order valence-electron chi connectivity index (χ4n) is 0.657. The first-order valence-corrected chi connectivity index (χ1v) is 4.13. The van der Waals surface area contributed by atoms with Crippen molar-refractivity contribution in [3.05, 3.63) is 0 Å². The summed E-state index contributed by atoms with van der Waals surface area (Å²) in [6, 6.07) is -0.169. The van der Waals surface area contributed by atoms with Crippen LogP contribution in [0.15, 0.2) is 0 Å². The van der Waals surface area contributed by atoms with E-state index in [2.05, 4.69) is 8.85 Å². The van der Waals surface area contributed by atoms with Gasteiger partial charge in [0.25, 0.3) is 0 Å². The third-order valence-electron chi connectivity index (χ3n) is 1.39. The van der Waals surface area contributed by atoms with Crippen molar-refractivity contribution < 1.29 is 10.2 Å². The van der Waals surface area contributed by atoms with Crippen molar-refractivity contribution in [3.63, 3.8) is 0 Å². The van der Waals surface area contributed by atoms with E-state index in [1.807, 2.05) is 22.9 Å². The Morgan fingerprint density at radius 3 is 1.90 bits per heavy atom. The lowest BCUT2D eigenvalue weighted by Gasteiger charge is -2.21. The monoisotopic (exact) mass is 260 g/mol. The first-order valence-electron chi connectivity index (χ1n) is 3.05. The molecule has 0 amide bonds. The van der Waals surface area contributed by atoms with Crippen LogP contribution in [-0.4, -0.2) is 42.6 Å². The normalized spacial score (nSPS) is 16.8. The molecular formula is C5H13IN2O2. The van der Waals surface area contributed by atoms with E-state index in [9.17, 15) is 0 Å². The van der Waals surface area contributed by atoms with Gasteiger partial charge in [0.2, 0.25) is 0 Å². The highest BCUT2D eigenvalue weighted by Gasteiger charge is 2.15. The summed E-state index contributed by atoms with van der Waals surface area (Å²) in [4.78, 5) is 0. The Morgan fingerprint density at radius 1 is 1.30 bits per heavy atom. The largest absolute Gasteiger partial charge is 0.395 e. The van der Waals surface area contributed by atoms with Crippen molar-refractivity contribution in [2.24, 2.45) is 0 Å². The summed E-state index contributed by atoms with van der Waals surface area (Å²) in [7, 11) is 1.75. The average Bonchev–Trinajstić information content (AvgIpc) is 2.00. The topological polar surface area (TPSA) is 64.5 Å². The van der Waals surface area contributed by atoms with Gasteiger partial charge in [0, 0.05) is 28.9 Å². The molecule has 0 saturated heterocycles. The molecule has 62 valence electrons. The molecule has 4 nitrogen and oxygen atoms in total. The molecule has 0 rings (SSSR count). The lowest BCUT2D eigenvalue weighted by atomic mass is 10.1. The number of likely N-dealkylation sites (N-methyl/N-ethyl adjacent to an activating group) is 1. The number of nitrogens with one attached hydrogen (secondary N) is 2. The zero-order valence-corrected chi connectivity index (χ0v) is 8.00. The Balaban J connectivity index is 3.70. The SMILES string of the molecule is CNC(CO)C(CO)NI. The molecular weight excluding hydrogens is 247 g/mol. The van der Waals surface area contributed by atoms with Gasteiger partial charge in [0.1, 0.15) is 0 Å². The van der Waals surface area contributed by atoms with Crippen molar-refractivity contribution in [3.8, 4) is 0 Å². The Bertz CT molecular complexity index is 66.0. The second-order valence-corrected chi connectivity index (χ2v) is 2.60. The second kappa shape index (κ2) is 6.29. The summed E-state index contributed by atoms with van der Waals surface area (Å²) in [5.74, 6) is 0. The minimum atomic E-state index is -0.0874. The number of hydrogen-bond acceptors (Lipinski definition) is 4. The second-order valence-electron chi connectivity index (χ2n) is 1.98. The molecule has 0 fully saturated rings. The Morgan fingerprint density at radius 2 is 1.80 bits per heavy atom. The highest BCUT2D eigenvalue weighted by Crippen LogP contribution is 1.93. The van der Waals surface area contributed by atoms with Crippen molar-refractivity contribution in [2.75, 3.05) is 20.3 Å². The van der Waals surface area contributed by atoms with Crippen LogP contribution in [0.5, 0.6) is 0 Å². The molecule has 0 aliphatic heterocycles. The lowest BCUT2D eigenvalue weighted by Crippen LogP contribution is -2.47. The molecule has 0 aromatic rings. The quantitative estimate of drug-likeness (QED) is 0.373. The third-order valence-corrected chi connectivity index (χ3v) is 2.19. The third kappa shape index (κ3) is 3.11. The van der Waals surface area contributed by atoms with E-state index in [-0.39, 0.29) is 25.3 Å². The van der Waals surface area contributed by atoms with E-state index in [0.717, 1.165) is 0 Å². The summed E-state index contributed by atoms with van der Waals surface area (Å²) in [6.07, 6.45) is 0. The van der Waals surface area contributed by atoms with Crippen LogP contribution in [0.4, 0.5) is 0 Å². The van der Waals surface area contributed by atoms with Gasteiger partial charge >= 0.3 is 0 Å². The summed E-state index contributed by atoms with van der Waals surface area (Å²) in [5.41, 5.74) is 0. The molecule has 0 aliphatic carbocycles. The van der Waals surface area contributed by atoms with Gasteiger partial charge in [-0.25, -0.2) is 0 Å². The van der Waals surface area contributed by atoms with Crippen LogP contribution < -0.4 is 8.85 Å². The van der Waals surface area contributed by atoms with Gasteiger partial charge in [0.05, 0.1) is 19.3 Å². The molecule has 0 bridgehead atoms. The predicted molar refractivity (Wildman–Crippen MR) is 48.0 cm³/mol. The van der Waals surface area contributed by atoms with Crippen LogP contribution in [-0.2, 0) is 0 Å². The number of aliphatic hydroxyl groups is 2. The van der Waals surface area contributed by atoms with E-state index < -0.39 is 0 Å². The minimum absolute atomic E-state index is 0.0228. The first kappa shape index (κ1) is 10.6. The molecule has 2 atom stereocenters. The van der Waals surface area contributed by atoms with Crippen molar-refractivity contribution >= 4 is 22.9 Å². The highest BCUT2D eigenvalue weighted by molar-refractivity contribution is 14.1. The molecule has 0 aromatic heterocycles. The van der Waals surface area contributed by atoms with E-state index in [1.54, 1.807) is 7.05 Å². The molecule has 0 radical (unpaired) electrons. The molecule has 2 unspecified atom stereocenters. The Kier molecular flexibility index (Phi) is 6.65. The minimum Gasteiger partial charge on any atom is -0.395 e. The Labute approximate surface area is 74.5 Å². The fraction of sp³-hybridized carbons (Fsp3) is 1.00. The van der Waals surface area contributed by atoms with Crippen LogP contribution in [0.2, 0.25) is 0 Å². The Hall–Kier alpha value is 0.570. The predicted octanol–water partition coefficient (Wildman–Crippen LogP) is -1.13. The highest BCUT2D eigenvalue weighted by atomic mass is 127. The molecule has 4 N–H and O–H groups in total. The van der Waals surface area contributed by atoms with Gasteiger partial charge in [-0.1, -0.05) is 0 Å².